The van der Waals surface area contributed by atoms with Crippen LogP contribution in [0, 0.1) is 11.7 Å². The maximum atomic E-state index is 14.6. The topological polar surface area (TPSA) is 18.5 Å². The molecule has 2 nitrogen and oxygen atoms in total. The summed E-state index contributed by atoms with van der Waals surface area (Å²) in [6.07, 6.45) is 5.83. The van der Waals surface area contributed by atoms with E-state index in [1.54, 1.807) is 12.1 Å². The van der Waals surface area contributed by atoms with Gasteiger partial charge in [-0.2, -0.15) is 17.6 Å². The molecule has 1 aliphatic rings. The highest BCUT2D eigenvalue weighted by molar-refractivity contribution is 5.34. The predicted octanol–water partition coefficient (Wildman–Crippen LogP) is 8.41. The van der Waals surface area contributed by atoms with Gasteiger partial charge in [0, 0.05) is 6.07 Å². The molecule has 7 heteroatoms. The van der Waals surface area contributed by atoms with Crippen molar-refractivity contribution >= 4 is 0 Å². The van der Waals surface area contributed by atoms with Crippen molar-refractivity contribution in [2.75, 3.05) is 0 Å². The van der Waals surface area contributed by atoms with Crippen LogP contribution in [0.2, 0.25) is 0 Å². The van der Waals surface area contributed by atoms with Gasteiger partial charge in [-0.25, -0.2) is 4.39 Å². The van der Waals surface area contributed by atoms with Gasteiger partial charge in [-0.1, -0.05) is 44.7 Å². The Morgan fingerprint density at radius 2 is 1.66 bits per heavy atom. The van der Waals surface area contributed by atoms with Crippen LogP contribution >= 0.6 is 0 Å². The standard InChI is InChI=1S/C25H29F5O2/c1-2-3-4-5-17-6-8-18(9-7-17)19-10-12-20(13-11-19)25(29,30)32-21-14-15-23(22(26)16-21)31-24(27)28/h10-18,24H,2-9H2,1H3/t17-,18-. The first-order chi connectivity index (χ1) is 15.3. The molecule has 0 spiro atoms. The van der Waals surface area contributed by atoms with Gasteiger partial charge in [-0.3, -0.25) is 0 Å². The Hall–Kier alpha value is -2.31. The van der Waals surface area contributed by atoms with E-state index in [-0.39, 0.29) is 5.56 Å². The molecule has 0 radical (unpaired) electrons. The minimum atomic E-state index is -3.70. The van der Waals surface area contributed by atoms with Gasteiger partial charge in [0.2, 0.25) is 0 Å². The molecule has 0 atom stereocenters. The normalized spacial score (nSPS) is 19.2. The number of unbranched alkanes of at least 4 members (excludes halogenated alkanes) is 2. The van der Waals surface area contributed by atoms with E-state index in [2.05, 4.69) is 16.4 Å². The zero-order valence-electron chi connectivity index (χ0n) is 18.1. The van der Waals surface area contributed by atoms with Crippen LogP contribution in [-0.2, 0) is 6.11 Å². The Labute approximate surface area is 185 Å². The van der Waals surface area contributed by atoms with Crippen LogP contribution in [0.1, 0.15) is 75.3 Å². The molecule has 3 rings (SSSR count). The predicted molar refractivity (Wildman–Crippen MR) is 113 cm³/mol. The van der Waals surface area contributed by atoms with E-state index in [4.69, 9.17) is 0 Å². The summed E-state index contributed by atoms with van der Waals surface area (Å²) in [5, 5.41) is 0. The van der Waals surface area contributed by atoms with Gasteiger partial charge in [0.15, 0.2) is 11.6 Å². The molecule has 0 heterocycles. The van der Waals surface area contributed by atoms with Gasteiger partial charge in [0.05, 0.1) is 5.56 Å². The van der Waals surface area contributed by atoms with E-state index < -0.39 is 30.0 Å². The third-order valence-corrected chi connectivity index (χ3v) is 6.15. The average molecular weight is 456 g/mol. The van der Waals surface area contributed by atoms with Gasteiger partial charge in [0.1, 0.15) is 5.75 Å². The molecule has 0 aliphatic heterocycles. The lowest BCUT2D eigenvalue weighted by Crippen LogP contribution is -2.22. The van der Waals surface area contributed by atoms with Crippen molar-refractivity contribution in [2.45, 2.75) is 76.9 Å². The van der Waals surface area contributed by atoms with Gasteiger partial charge in [-0.05, 0) is 67.3 Å². The van der Waals surface area contributed by atoms with Crippen molar-refractivity contribution < 1.29 is 31.4 Å². The highest BCUT2D eigenvalue weighted by Crippen LogP contribution is 2.39. The first kappa shape index (κ1) is 24.3. The second-order valence-electron chi connectivity index (χ2n) is 8.43. The number of halogens is 5. The smallest absolute Gasteiger partial charge is 0.426 e. The summed E-state index contributed by atoms with van der Waals surface area (Å²) in [6, 6.07) is 8.44. The highest BCUT2D eigenvalue weighted by Gasteiger charge is 2.35. The molecular formula is C25H29F5O2. The fourth-order valence-electron chi connectivity index (χ4n) is 4.36. The van der Waals surface area contributed by atoms with Gasteiger partial charge in [-0.15, -0.1) is 0 Å². The van der Waals surface area contributed by atoms with Crippen molar-refractivity contribution in [3.63, 3.8) is 0 Å². The first-order valence-electron chi connectivity index (χ1n) is 11.2. The zero-order chi connectivity index (χ0) is 23.1. The summed E-state index contributed by atoms with van der Waals surface area (Å²) in [5.74, 6) is -1.29. The number of rotatable bonds is 10. The summed E-state index contributed by atoms with van der Waals surface area (Å²) in [6.45, 7) is -1.01. The van der Waals surface area contributed by atoms with Gasteiger partial charge in [0.25, 0.3) is 0 Å². The summed E-state index contributed by atoms with van der Waals surface area (Å²) in [7, 11) is 0. The quantitative estimate of drug-likeness (QED) is 0.264. The molecule has 0 saturated heterocycles. The lowest BCUT2D eigenvalue weighted by molar-refractivity contribution is -0.185. The van der Waals surface area contributed by atoms with Crippen LogP contribution in [0.25, 0.3) is 0 Å². The van der Waals surface area contributed by atoms with E-state index in [1.165, 1.54) is 50.7 Å². The fraction of sp³-hybridized carbons (Fsp3) is 0.520. The number of hydrogen-bond donors (Lipinski definition) is 0. The van der Waals surface area contributed by atoms with E-state index in [0.29, 0.717) is 12.0 Å². The van der Waals surface area contributed by atoms with E-state index in [1.807, 2.05) is 0 Å². The van der Waals surface area contributed by atoms with Crippen LogP contribution < -0.4 is 9.47 Å². The second kappa shape index (κ2) is 11.0. The molecule has 1 saturated carbocycles. The van der Waals surface area contributed by atoms with Crippen LogP contribution in [-0.4, -0.2) is 6.61 Å². The Bertz CT molecular complexity index is 846. The largest absolute Gasteiger partial charge is 0.432 e. The molecule has 32 heavy (non-hydrogen) atoms. The maximum absolute atomic E-state index is 14.6. The minimum absolute atomic E-state index is 0.359. The van der Waals surface area contributed by atoms with Gasteiger partial charge < -0.3 is 9.47 Å². The molecule has 0 unspecified atom stereocenters. The Morgan fingerprint density at radius 1 is 0.969 bits per heavy atom. The lowest BCUT2D eigenvalue weighted by Gasteiger charge is -2.29. The molecule has 2 aromatic carbocycles. The number of benzene rings is 2. The first-order valence-corrected chi connectivity index (χ1v) is 11.2. The van der Waals surface area contributed by atoms with Crippen molar-refractivity contribution in [1.82, 2.24) is 0 Å². The van der Waals surface area contributed by atoms with Crippen LogP contribution in [0.5, 0.6) is 11.5 Å². The monoisotopic (exact) mass is 456 g/mol. The van der Waals surface area contributed by atoms with Gasteiger partial charge >= 0.3 is 12.7 Å². The Morgan fingerprint density at radius 3 is 2.25 bits per heavy atom. The van der Waals surface area contributed by atoms with Crippen LogP contribution in [0.15, 0.2) is 42.5 Å². The summed E-state index contributed by atoms with van der Waals surface area (Å²) < 4.78 is 75.9. The van der Waals surface area contributed by atoms with Crippen molar-refractivity contribution in [3.05, 3.63) is 59.4 Å². The van der Waals surface area contributed by atoms with Crippen molar-refractivity contribution in [3.8, 4) is 11.5 Å². The minimum Gasteiger partial charge on any atom is -0.432 e. The van der Waals surface area contributed by atoms with Crippen molar-refractivity contribution in [2.24, 2.45) is 5.92 Å². The maximum Gasteiger partial charge on any atom is 0.426 e. The molecular weight excluding hydrogens is 427 g/mol. The summed E-state index contributed by atoms with van der Waals surface area (Å²) in [5.41, 5.74) is 0.680. The molecule has 0 aromatic heterocycles. The van der Waals surface area contributed by atoms with E-state index in [0.717, 1.165) is 36.5 Å². The fourth-order valence-corrected chi connectivity index (χ4v) is 4.36. The lowest BCUT2D eigenvalue weighted by atomic mass is 9.77. The number of hydrogen-bond acceptors (Lipinski definition) is 2. The molecule has 2 aromatic rings. The molecule has 0 N–H and O–H groups in total. The number of ether oxygens (including phenoxy) is 2. The van der Waals surface area contributed by atoms with Crippen LogP contribution in [0.4, 0.5) is 22.0 Å². The highest BCUT2D eigenvalue weighted by atomic mass is 19.3. The number of alkyl halides is 4. The van der Waals surface area contributed by atoms with E-state index in [9.17, 15) is 22.0 Å². The third kappa shape index (κ3) is 6.59. The summed E-state index contributed by atoms with van der Waals surface area (Å²) in [4.78, 5) is 0. The van der Waals surface area contributed by atoms with Crippen LogP contribution in [0.3, 0.4) is 0 Å². The van der Waals surface area contributed by atoms with Crippen molar-refractivity contribution in [1.29, 1.82) is 0 Å². The molecule has 0 amide bonds. The van der Waals surface area contributed by atoms with E-state index >= 15 is 0 Å². The Balaban J connectivity index is 1.58. The third-order valence-electron chi connectivity index (χ3n) is 6.15. The zero-order valence-corrected chi connectivity index (χ0v) is 18.1. The Kier molecular flexibility index (Phi) is 8.38. The molecule has 1 fully saturated rings. The average Bonchev–Trinajstić information content (AvgIpc) is 2.76. The second-order valence-corrected chi connectivity index (χ2v) is 8.43. The molecule has 176 valence electrons. The molecule has 1 aliphatic carbocycles. The SMILES string of the molecule is CCCCC[C@H]1CC[C@H](c2ccc(C(F)(F)Oc3ccc(OC(F)F)c(F)c3)cc2)CC1. The molecule has 0 bridgehead atoms. The summed E-state index contributed by atoms with van der Waals surface area (Å²) >= 11 is 0.